The number of anilines is 4. The van der Waals surface area contributed by atoms with E-state index in [2.05, 4.69) is 41.3 Å². The van der Waals surface area contributed by atoms with Crippen molar-refractivity contribution in [3.8, 4) is 0 Å². The molecule has 0 saturated carbocycles. The van der Waals surface area contributed by atoms with Crippen LogP contribution in [0.2, 0.25) is 0 Å². The normalized spacial score (nSPS) is 12.3. The first kappa shape index (κ1) is 25.9. The van der Waals surface area contributed by atoms with Gasteiger partial charge in [0.1, 0.15) is 5.82 Å². The molecule has 0 saturated heterocycles. The third kappa shape index (κ3) is 7.12. The van der Waals surface area contributed by atoms with Gasteiger partial charge in [-0.2, -0.15) is 10.1 Å². The minimum absolute atomic E-state index is 0.159. The van der Waals surface area contributed by atoms with Gasteiger partial charge in [-0.3, -0.25) is 0 Å². The van der Waals surface area contributed by atoms with Gasteiger partial charge in [-0.25, -0.2) is 23.5 Å². The maximum atomic E-state index is 12.7. The molecule has 0 aliphatic heterocycles. The monoisotopic (exact) mass is 497 g/mol. The molecule has 0 amide bonds. The van der Waals surface area contributed by atoms with Crippen molar-refractivity contribution in [2.24, 2.45) is 10.9 Å². The van der Waals surface area contributed by atoms with Gasteiger partial charge in [-0.1, -0.05) is 18.2 Å². The fourth-order valence-corrected chi connectivity index (χ4v) is 4.60. The summed E-state index contributed by atoms with van der Waals surface area (Å²) in [7, 11) is -1.96. The van der Waals surface area contributed by atoms with Gasteiger partial charge in [0.15, 0.2) is 5.84 Å². The van der Waals surface area contributed by atoms with E-state index in [1.54, 1.807) is 58.3 Å². The van der Waals surface area contributed by atoms with E-state index in [0.29, 0.717) is 23.3 Å². The van der Waals surface area contributed by atoms with Gasteiger partial charge >= 0.3 is 0 Å². The van der Waals surface area contributed by atoms with Crippen LogP contribution in [0.25, 0.3) is 0 Å². The maximum Gasteiger partial charge on any atom is 0.241 e. The minimum Gasteiger partial charge on any atom is -0.340 e. The summed E-state index contributed by atoms with van der Waals surface area (Å²) < 4.78 is 28.1. The second-order valence-corrected chi connectivity index (χ2v) is 10.5. The molecule has 11 nitrogen and oxygen atoms in total. The molecule has 1 heterocycles. The molecule has 2 aromatic carbocycles. The number of benzene rings is 2. The van der Waals surface area contributed by atoms with Crippen molar-refractivity contribution in [1.29, 1.82) is 0 Å². The van der Waals surface area contributed by atoms with E-state index < -0.39 is 15.6 Å². The molecule has 7 N–H and O–H groups in total. The van der Waals surface area contributed by atoms with E-state index in [0.717, 1.165) is 16.8 Å². The molecule has 0 atom stereocenters. The van der Waals surface area contributed by atoms with Crippen LogP contribution in [0.3, 0.4) is 0 Å². The molecule has 186 valence electrons. The summed E-state index contributed by atoms with van der Waals surface area (Å²) >= 11 is 0. The molecule has 0 spiro atoms. The lowest BCUT2D eigenvalue weighted by atomic mass is 10.1. The lowest BCUT2D eigenvalue weighted by Gasteiger charge is -2.20. The van der Waals surface area contributed by atoms with Crippen LogP contribution in [-0.2, 0) is 10.0 Å². The lowest BCUT2D eigenvalue weighted by Crippen LogP contribution is -2.40. The third-order valence-electron chi connectivity index (χ3n) is 4.58. The van der Waals surface area contributed by atoms with Gasteiger partial charge in [-0.05, 0) is 58.0 Å². The quantitative estimate of drug-likeness (QED) is 0.119. The summed E-state index contributed by atoms with van der Waals surface area (Å²) in [4.78, 5) is 9.08. The molecule has 3 aromatic rings. The van der Waals surface area contributed by atoms with Crippen LogP contribution < -0.4 is 32.0 Å². The zero-order valence-corrected chi connectivity index (χ0v) is 21.2. The number of aromatic nitrogens is 2. The summed E-state index contributed by atoms with van der Waals surface area (Å²) in [6.45, 7) is 7.24. The summed E-state index contributed by atoms with van der Waals surface area (Å²) in [5.74, 6) is 6.83. The highest BCUT2D eigenvalue weighted by Gasteiger charge is 2.22. The van der Waals surface area contributed by atoms with Gasteiger partial charge in [-0.15, -0.1) is 0 Å². The van der Waals surface area contributed by atoms with Crippen LogP contribution in [0, 0.1) is 6.92 Å². The van der Waals surface area contributed by atoms with Crippen molar-refractivity contribution in [3.63, 3.8) is 0 Å². The average molecular weight is 498 g/mol. The molecule has 0 fully saturated rings. The Kier molecular flexibility index (Phi) is 7.89. The first-order valence-electron chi connectivity index (χ1n) is 10.8. The fraction of sp³-hybridized carbons (Fsp3) is 0.261. The highest BCUT2D eigenvalue weighted by atomic mass is 32.2. The van der Waals surface area contributed by atoms with E-state index in [4.69, 9.17) is 5.84 Å². The van der Waals surface area contributed by atoms with Crippen LogP contribution in [-0.4, -0.2) is 36.8 Å². The predicted octanol–water partition coefficient (Wildman–Crippen LogP) is 2.69. The number of aryl methyl sites for hydroxylation is 1. The number of amidine groups is 1. The number of hydrazine groups is 1. The Morgan fingerprint density at radius 2 is 1.71 bits per heavy atom. The van der Waals surface area contributed by atoms with Gasteiger partial charge < -0.3 is 21.9 Å². The van der Waals surface area contributed by atoms with Gasteiger partial charge in [0.2, 0.25) is 16.0 Å². The summed E-state index contributed by atoms with van der Waals surface area (Å²) in [5.41, 5.74) is 7.94. The van der Waals surface area contributed by atoms with E-state index in [1.165, 1.54) is 0 Å². The molecule has 0 bridgehead atoms. The molecule has 35 heavy (non-hydrogen) atoms. The molecule has 12 heteroatoms. The lowest BCUT2D eigenvalue weighted by molar-refractivity contribution is 0.491. The summed E-state index contributed by atoms with van der Waals surface area (Å²) in [5, 5.41) is 10.1. The van der Waals surface area contributed by atoms with Crippen LogP contribution in [0.1, 0.15) is 31.9 Å². The number of nitrogens with one attached hydrogen (secondary N) is 5. The molecule has 3 rings (SSSR count). The topological polar surface area (TPSA) is 158 Å². The standard InChI is InChI=1S/C23H31N9O2S/c1-15-14-26-22(28-17-9-6-8-16(12-17)21(30-24)31-25-5)29-20(15)27-18-10-7-11-19(13-18)35(33,34)32-23(2,3)4/h6-14,25,32H,24H2,1-5H3,(H,30,31)(H2,26,27,28,29). The van der Waals surface area contributed by atoms with Crippen LogP contribution in [0.4, 0.5) is 23.1 Å². The summed E-state index contributed by atoms with van der Waals surface area (Å²) in [6, 6.07) is 14.0. The van der Waals surface area contributed by atoms with E-state index in [9.17, 15) is 8.42 Å². The predicted molar refractivity (Wildman–Crippen MR) is 139 cm³/mol. The first-order valence-corrected chi connectivity index (χ1v) is 12.3. The van der Waals surface area contributed by atoms with E-state index >= 15 is 0 Å². The Balaban J connectivity index is 1.83. The third-order valence-corrected chi connectivity index (χ3v) is 6.34. The van der Waals surface area contributed by atoms with Gasteiger partial charge in [0, 0.05) is 41.3 Å². The van der Waals surface area contributed by atoms with Crippen LogP contribution >= 0.6 is 0 Å². The Morgan fingerprint density at radius 1 is 1.03 bits per heavy atom. The molecule has 0 radical (unpaired) electrons. The molecule has 0 aliphatic carbocycles. The summed E-state index contributed by atoms with van der Waals surface area (Å²) in [6.07, 6.45) is 1.68. The van der Waals surface area contributed by atoms with Crippen LogP contribution in [0.5, 0.6) is 0 Å². The second kappa shape index (κ2) is 10.7. The zero-order chi connectivity index (χ0) is 25.6. The molecular weight excluding hydrogens is 466 g/mol. The number of hydrogen-bond donors (Lipinski definition) is 6. The highest BCUT2D eigenvalue weighted by Crippen LogP contribution is 2.24. The zero-order valence-electron chi connectivity index (χ0n) is 20.3. The van der Waals surface area contributed by atoms with Gasteiger partial charge in [0.05, 0.1) is 4.90 Å². The average Bonchev–Trinajstić information content (AvgIpc) is 2.78. The highest BCUT2D eigenvalue weighted by molar-refractivity contribution is 7.89. The number of nitrogens with two attached hydrogens (primary N) is 1. The van der Waals surface area contributed by atoms with Crippen molar-refractivity contribution in [2.75, 3.05) is 17.7 Å². The van der Waals surface area contributed by atoms with Crippen LogP contribution in [0.15, 0.2) is 64.7 Å². The molecule has 0 aliphatic rings. The molecular formula is C23H31N9O2S. The van der Waals surface area contributed by atoms with Crippen molar-refractivity contribution < 1.29 is 8.42 Å². The Morgan fingerprint density at radius 3 is 2.37 bits per heavy atom. The first-order chi connectivity index (χ1) is 16.5. The number of rotatable bonds is 8. The largest absolute Gasteiger partial charge is 0.340 e. The number of nitrogens with zero attached hydrogens (tertiary/aromatic N) is 3. The Bertz CT molecular complexity index is 1320. The van der Waals surface area contributed by atoms with Crippen molar-refractivity contribution in [1.82, 2.24) is 25.5 Å². The van der Waals surface area contributed by atoms with Crippen molar-refractivity contribution >= 4 is 39.0 Å². The maximum absolute atomic E-state index is 12.7. The number of sulfonamides is 1. The molecule has 0 unspecified atom stereocenters. The van der Waals surface area contributed by atoms with Crippen molar-refractivity contribution in [3.05, 3.63) is 65.9 Å². The van der Waals surface area contributed by atoms with E-state index in [-0.39, 0.29) is 4.90 Å². The van der Waals surface area contributed by atoms with Crippen molar-refractivity contribution in [2.45, 2.75) is 38.1 Å². The van der Waals surface area contributed by atoms with Gasteiger partial charge in [0.25, 0.3) is 0 Å². The molecule has 1 aromatic heterocycles. The fourth-order valence-electron chi connectivity index (χ4n) is 3.14. The number of hydrazone groups is 1. The van der Waals surface area contributed by atoms with E-state index in [1.807, 2.05) is 31.2 Å². The SMILES string of the molecule is CNN/C(=N\N)c1cccc(Nc2ncc(C)c(Nc3cccc(S(=O)(=O)NC(C)(C)C)c3)n2)c1. The minimum atomic E-state index is -3.67. The Labute approximate surface area is 205 Å². The second-order valence-electron chi connectivity index (χ2n) is 8.79. The Hall–Kier alpha value is -3.74. The smallest absolute Gasteiger partial charge is 0.241 e. The number of hydrogen-bond acceptors (Lipinski definition) is 9.